The van der Waals surface area contributed by atoms with Gasteiger partial charge in [0.1, 0.15) is 11.6 Å². The van der Waals surface area contributed by atoms with Crippen LogP contribution in [-0.4, -0.2) is 49.6 Å². The minimum atomic E-state index is 0.323. The summed E-state index contributed by atoms with van der Waals surface area (Å²) in [6.45, 7) is 9.20. The van der Waals surface area contributed by atoms with Crippen LogP contribution in [0.3, 0.4) is 0 Å². The molecule has 2 N–H and O–H groups in total. The molecule has 0 fully saturated rings. The van der Waals surface area contributed by atoms with E-state index in [-0.39, 0.29) is 0 Å². The summed E-state index contributed by atoms with van der Waals surface area (Å²) in [5.41, 5.74) is 1.17. The van der Waals surface area contributed by atoms with Gasteiger partial charge in [0.15, 0.2) is 5.96 Å². The van der Waals surface area contributed by atoms with Crippen LogP contribution in [0, 0.1) is 13.8 Å². The van der Waals surface area contributed by atoms with Crippen molar-refractivity contribution in [2.24, 2.45) is 4.99 Å². The van der Waals surface area contributed by atoms with E-state index in [0.29, 0.717) is 12.6 Å². The maximum atomic E-state index is 4.66. The lowest BCUT2D eigenvalue weighted by Gasteiger charge is -2.25. The molecule has 3 rings (SSSR count). The standard InChI is InChI=1S/C16H26N8/c1-4-17-16(18-7-8-23-10-12(2)9-19-23)21-14-5-6-15-20-13(3)22-24(15)11-14/h9-10,14H,4-8,11H2,1-3H3,(H2,17,18,21). The molecule has 0 saturated heterocycles. The molecule has 0 aromatic carbocycles. The number of hydrogen-bond donors (Lipinski definition) is 2. The molecule has 1 aliphatic rings. The van der Waals surface area contributed by atoms with E-state index in [4.69, 9.17) is 0 Å². The average Bonchev–Trinajstić information content (AvgIpc) is 3.11. The van der Waals surface area contributed by atoms with Gasteiger partial charge in [0.25, 0.3) is 0 Å². The van der Waals surface area contributed by atoms with E-state index >= 15 is 0 Å². The fourth-order valence-corrected chi connectivity index (χ4v) is 2.92. The summed E-state index contributed by atoms with van der Waals surface area (Å²) in [6, 6.07) is 0.323. The predicted octanol–water partition coefficient (Wildman–Crippen LogP) is 0.662. The lowest BCUT2D eigenvalue weighted by Crippen LogP contribution is -2.47. The monoisotopic (exact) mass is 330 g/mol. The molecule has 0 amide bonds. The Bertz CT molecular complexity index is 699. The van der Waals surface area contributed by atoms with E-state index in [1.54, 1.807) is 0 Å². The van der Waals surface area contributed by atoms with Gasteiger partial charge in [-0.1, -0.05) is 0 Å². The number of guanidine groups is 1. The maximum Gasteiger partial charge on any atom is 0.191 e. The predicted molar refractivity (Wildman–Crippen MR) is 92.9 cm³/mol. The number of nitrogens with zero attached hydrogens (tertiary/aromatic N) is 6. The van der Waals surface area contributed by atoms with Gasteiger partial charge in [0, 0.05) is 25.2 Å². The van der Waals surface area contributed by atoms with Gasteiger partial charge in [-0.05, 0) is 32.8 Å². The van der Waals surface area contributed by atoms with Crippen LogP contribution < -0.4 is 10.6 Å². The van der Waals surface area contributed by atoms with Crippen LogP contribution in [0.15, 0.2) is 17.4 Å². The molecule has 130 valence electrons. The van der Waals surface area contributed by atoms with Crippen molar-refractivity contribution in [3.63, 3.8) is 0 Å². The zero-order valence-corrected chi connectivity index (χ0v) is 14.7. The summed E-state index contributed by atoms with van der Waals surface area (Å²) in [7, 11) is 0. The third-order valence-electron chi connectivity index (χ3n) is 4.01. The third kappa shape index (κ3) is 4.12. The highest BCUT2D eigenvalue weighted by molar-refractivity contribution is 5.80. The molecule has 2 aromatic heterocycles. The molecular weight excluding hydrogens is 304 g/mol. The Labute approximate surface area is 142 Å². The molecule has 1 unspecified atom stereocenters. The SMILES string of the molecule is CCNC(=NCCn1cc(C)cn1)NC1CCc2nc(C)nn2C1. The second-order valence-electron chi connectivity index (χ2n) is 6.18. The van der Waals surface area contributed by atoms with Gasteiger partial charge < -0.3 is 10.6 Å². The first-order valence-electron chi connectivity index (χ1n) is 8.58. The molecule has 0 radical (unpaired) electrons. The van der Waals surface area contributed by atoms with Crippen LogP contribution in [-0.2, 0) is 19.5 Å². The first-order valence-corrected chi connectivity index (χ1v) is 8.58. The number of aromatic nitrogens is 5. The van der Waals surface area contributed by atoms with Gasteiger partial charge in [0.2, 0.25) is 0 Å². The largest absolute Gasteiger partial charge is 0.357 e. The van der Waals surface area contributed by atoms with E-state index in [1.807, 2.05) is 35.6 Å². The van der Waals surface area contributed by atoms with Crippen molar-refractivity contribution in [2.45, 2.75) is 52.7 Å². The average molecular weight is 330 g/mol. The first-order chi connectivity index (χ1) is 11.6. The summed E-state index contributed by atoms with van der Waals surface area (Å²) in [4.78, 5) is 9.12. The summed E-state index contributed by atoms with van der Waals surface area (Å²) in [5.74, 6) is 2.79. The highest BCUT2D eigenvalue weighted by Gasteiger charge is 2.21. The summed E-state index contributed by atoms with van der Waals surface area (Å²) in [5, 5.41) is 15.6. The Morgan fingerprint density at radius 1 is 1.42 bits per heavy atom. The smallest absolute Gasteiger partial charge is 0.191 e. The van der Waals surface area contributed by atoms with Crippen molar-refractivity contribution in [3.05, 3.63) is 29.6 Å². The second-order valence-corrected chi connectivity index (χ2v) is 6.18. The molecule has 8 nitrogen and oxygen atoms in total. The molecule has 0 saturated carbocycles. The normalized spacial score (nSPS) is 17.6. The quantitative estimate of drug-likeness (QED) is 0.621. The number of aliphatic imine (C=N–C) groups is 1. The van der Waals surface area contributed by atoms with Gasteiger partial charge >= 0.3 is 0 Å². The molecular formula is C16H26N8. The lowest BCUT2D eigenvalue weighted by molar-refractivity contribution is 0.392. The van der Waals surface area contributed by atoms with Crippen LogP contribution in [0.4, 0.5) is 0 Å². The highest BCUT2D eigenvalue weighted by atomic mass is 15.4. The van der Waals surface area contributed by atoms with E-state index in [0.717, 1.165) is 50.1 Å². The van der Waals surface area contributed by atoms with Crippen molar-refractivity contribution in [3.8, 4) is 0 Å². The molecule has 0 aliphatic carbocycles. The molecule has 0 bridgehead atoms. The van der Waals surface area contributed by atoms with Crippen LogP contribution in [0.1, 0.15) is 30.6 Å². The first kappa shape index (κ1) is 16.5. The topological polar surface area (TPSA) is 84.9 Å². The van der Waals surface area contributed by atoms with Crippen molar-refractivity contribution in [2.75, 3.05) is 13.1 Å². The Kier molecular flexibility index (Phi) is 5.12. The fraction of sp³-hybridized carbons (Fsp3) is 0.625. The Hall–Kier alpha value is -2.38. The van der Waals surface area contributed by atoms with Crippen molar-refractivity contribution < 1.29 is 0 Å². The van der Waals surface area contributed by atoms with Crippen molar-refractivity contribution in [1.82, 2.24) is 35.2 Å². The van der Waals surface area contributed by atoms with E-state index in [9.17, 15) is 0 Å². The minimum absolute atomic E-state index is 0.323. The van der Waals surface area contributed by atoms with Crippen LogP contribution in [0.5, 0.6) is 0 Å². The minimum Gasteiger partial charge on any atom is -0.357 e. The zero-order chi connectivity index (χ0) is 16.9. The maximum absolute atomic E-state index is 4.66. The molecule has 1 atom stereocenters. The van der Waals surface area contributed by atoms with Gasteiger partial charge in [0.05, 0.1) is 25.8 Å². The van der Waals surface area contributed by atoms with Gasteiger partial charge in [-0.3, -0.25) is 9.67 Å². The molecule has 8 heteroatoms. The Morgan fingerprint density at radius 3 is 3.04 bits per heavy atom. The summed E-state index contributed by atoms with van der Waals surface area (Å²) in [6.07, 6.45) is 5.89. The Balaban J connectivity index is 1.56. The van der Waals surface area contributed by atoms with Crippen LogP contribution in [0.25, 0.3) is 0 Å². The van der Waals surface area contributed by atoms with Gasteiger partial charge in [-0.15, -0.1) is 0 Å². The molecule has 1 aliphatic heterocycles. The zero-order valence-electron chi connectivity index (χ0n) is 14.7. The highest BCUT2D eigenvalue weighted by Crippen LogP contribution is 2.12. The van der Waals surface area contributed by atoms with Crippen molar-refractivity contribution >= 4 is 5.96 Å². The second kappa shape index (κ2) is 7.46. The Morgan fingerprint density at radius 2 is 2.29 bits per heavy atom. The molecule has 0 spiro atoms. The van der Waals surface area contributed by atoms with E-state index < -0.39 is 0 Å². The van der Waals surface area contributed by atoms with E-state index in [1.165, 1.54) is 5.56 Å². The van der Waals surface area contributed by atoms with Crippen LogP contribution in [0.2, 0.25) is 0 Å². The van der Waals surface area contributed by atoms with E-state index in [2.05, 4.69) is 37.7 Å². The van der Waals surface area contributed by atoms with Gasteiger partial charge in [-0.2, -0.15) is 10.2 Å². The lowest BCUT2D eigenvalue weighted by atomic mass is 10.1. The number of rotatable bonds is 5. The third-order valence-corrected chi connectivity index (χ3v) is 4.01. The molecule has 3 heterocycles. The molecule has 2 aromatic rings. The summed E-state index contributed by atoms with van der Waals surface area (Å²) < 4.78 is 3.93. The van der Waals surface area contributed by atoms with Crippen LogP contribution >= 0.6 is 0 Å². The number of hydrogen-bond acceptors (Lipinski definition) is 4. The fourth-order valence-electron chi connectivity index (χ4n) is 2.92. The van der Waals surface area contributed by atoms with Crippen molar-refractivity contribution in [1.29, 1.82) is 0 Å². The number of nitrogens with one attached hydrogen (secondary N) is 2. The summed E-state index contributed by atoms with van der Waals surface area (Å²) >= 11 is 0. The number of aryl methyl sites for hydroxylation is 3. The molecule has 24 heavy (non-hydrogen) atoms. The number of fused-ring (bicyclic) bond motifs is 1. The van der Waals surface area contributed by atoms with Gasteiger partial charge in [-0.25, -0.2) is 9.67 Å².